The molecule has 14 nitrogen and oxygen atoms in total. The highest BCUT2D eigenvalue weighted by Crippen LogP contribution is 2.19. The van der Waals surface area contributed by atoms with E-state index in [4.69, 9.17) is 11.5 Å². The van der Waals surface area contributed by atoms with Gasteiger partial charge in [-0.15, -0.1) is 0 Å². The third-order valence-corrected chi connectivity index (χ3v) is 6.54. The number of aliphatic carboxylic acids is 1. The zero-order valence-electron chi connectivity index (χ0n) is 22.7. The highest BCUT2D eigenvalue weighted by molar-refractivity contribution is 5.96. The maximum Gasteiger partial charge on any atom is 0.326 e. The number of aliphatic hydroxyl groups is 1. The lowest BCUT2D eigenvalue weighted by molar-refractivity contribution is -0.142. The molecule has 0 saturated heterocycles. The van der Waals surface area contributed by atoms with Gasteiger partial charge >= 0.3 is 5.97 Å². The monoisotopic (exact) mass is 582 g/mol. The van der Waals surface area contributed by atoms with Crippen LogP contribution >= 0.6 is 0 Å². The maximum absolute atomic E-state index is 13.5. The Labute approximate surface area is 240 Å². The second kappa shape index (κ2) is 14.1. The van der Waals surface area contributed by atoms with Crippen LogP contribution in [0.15, 0.2) is 54.7 Å². The topological polar surface area (TPSA) is 250 Å². The van der Waals surface area contributed by atoms with Crippen molar-refractivity contribution in [2.24, 2.45) is 11.5 Å². The SMILES string of the molecule is CC(O)C(NC(=O)C(N)CC(N)=O)C(=O)NC(Cc1c[nH]c2ccccc12)C(=O)NC(Cc1ccc(O)cc1)C(=O)O. The fourth-order valence-electron chi connectivity index (χ4n) is 4.31. The molecule has 0 aliphatic heterocycles. The Balaban J connectivity index is 1.85. The average Bonchev–Trinajstić information content (AvgIpc) is 3.33. The van der Waals surface area contributed by atoms with E-state index < -0.39 is 66.3 Å². The molecule has 11 N–H and O–H groups in total. The van der Waals surface area contributed by atoms with Crippen LogP contribution in [0.1, 0.15) is 24.5 Å². The van der Waals surface area contributed by atoms with Crippen LogP contribution in [0.4, 0.5) is 0 Å². The molecule has 5 unspecified atom stereocenters. The number of phenolic OH excluding ortho intramolecular Hbond substituents is 1. The summed E-state index contributed by atoms with van der Waals surface area (Å²) >= 11 is 0. The van der Waals surface area contributed by atoms with Crippen LogP contribution in [0.2, 0.25) is 0 Å². The van der Waals surface area contributed by atoms with E-state index >= 15 is 0 Å². The van der Waals surface area contributed by atoms with E-state index in [0.717, 1.165) is 10.9 Å². The highest BCUT2D eigenvalue weighted by Gasteiger charge is 2.33. The van der Waals surface area contributed by atoms with Crippen molar-refractivity contribution < 1.29 is 39.3 Å². The number of H-pyrrole nitrogens is 1. The molecule has 0 saturated carbocycles. The Hall–Kier alpha value is -4.95. The van der Waals surface area contributed by atoms with Crippen LogP contribution in [-0.4, -0.2) is 80.2 Å². The summed E-state index contributed by atoms with van der Waals surface area (Å²) < 4.78 is 0. The quantitative estimate of drug-likeness (QED) is 0.110. The smallest absolute Gasteiger partial charge is 0.326 e. The minimum atomic E-state index is -1.57. The number of aromatic nitrogens is 1. The van der Waals surface area contributed by atoms with Crippen molar-refractivity contribution in [1.29, 1.82) is 0 Å². The van der Waals surface area contributed by atoms with Gasteiger partial charge in [0.2, 0.25) is 23.6 Å². The molecule has 0 fully saturated rings. The molecule has 0 bridgehead atoms. The Morgan fingerprint density at radius 2 is 1.52 bits per heavy atom. The molecular weight excluding hydrogens is 548 g/mol. The molecule has 42 heavy (non-hydrogen) atoms. The number of nitrogens with two attached hydrogens (primary N) is 2. The second-order valence-electron chi connectivity index (χ2n) is 9.90. The van der Waals surface area contributed by atoms with E-state index in [1.54, 1.807) is 12.3 Å². The summed E-state index contributed by atoms with van der Waals surface area (Å²) in [7, 11) is 0. The van der Waals surface area contributed by atoms with Gasteiger partial charge in [0.1, 0.15) is 23.9 Å². The zero-order valence-corrected chi connectivity index (χ0v) is 22.7. The summed E-state index contributed by atoms with van der Waals surface area (Å²) in [5, 5.41) is 37.5. The fraction of sp³-hybridized carbons (Fsp3) is 0.321. The number of aromatic amines is 1. The largest absolute Gasteiger partial charge is 0.508 e. The first-order chi connectivity index (χ1) is 19.8. The van der Waals surface area contributed by atoms with Gasteiger partial charge in [0.15, 0.2) is 0 Å². The van der Waals surface area contributed by atoms with Crippen molar-refractivity contribution in [2.75, 3.05) is 0 Å². The van der Waals surface area contributed by atoms with E-state index in [-0.39, 0.29) is 18.6 Å². The number of rotatable bonds is 14. The average molecular weight is 583 g/mol. The molecule has 4 amide bonds. The predicted molar refractivity (Wildman–Crippen MR) is 151 cm³/mol. The van der Waals surface area contributed by atoms with Crippen LogP contribution in [0.5, 0.6) is 5.75 Å². The van der Waals surface area contributed by atoms with E-state index in [9.17, 15) is 39.3 Å². The van der Waals surface area contributed by atoms with Gasteiger partial charge in [-0.2, -0.15) is 0 Å². The van der Waals surface area contributed by atoms with E-state index in [1.807, 2.05) is 18.2 Å². The predicted octanol–water partition coefficient (Wildman–Crippen LogP) is -1.22. The summed E-state index contributed by atoms with van der Waals surface area (Å²) in [5.41, 5.74) is 12.7. The number of carbonyl (C=O) groups is 5. The fourth-order valence-corrected chi connectivity index (χ4v) is 4.31. The third-order valence-electron chi connectivity index (χ3n) is 6.54. The number of carboxylic acid groups (broad SMARTS) is 1. The van der Waals surface area contributed by atoms with Crippen molar-refractivity contribution in [3.05, 3.63) is 65.9 Å². The Morgan fingerprint density at radius 3 is 2.14 bits per heavy atom. The molecule has 5 atom stereocenters. The van der Waals surface area contributed by atoms with Crippen LogP contribution in [0.25, 0.3) is 10.9 Å². The number of nitrogens with one attached hydrogen (secondary N) is 4. The standard InChI is InChI=1S/C28H34N6O8/c1-14(35)24(34-25(38)19(29)12-23(30)37)27(40)32-21(11-16-13-31-20-5-3-2-4-18(16)20)26(39)33-22(28(41)42)10-15-6-8-17(36)9-7-15/h2-9,13-14,19,21-22,24,31,35-36H,10-12,29H2,1H3,(H2,30,37)(H,32,40)(H,33,39)(H,34,38)(H,41,42). The van der Waals surface area contributed by atoms with Crippen molar-refractivity contribution in [2.45, 2.75) is 56.5 Å². The number of carbonyl (C=O) groups excluding carboxylic acids is 4. The van der Waals surface area contributed by atoms with Crippen LogP contribution in [0.3, 0.4) is 0 Å². The van der Waals surface area contributed by atoms with E-state index in [2.05, 4.69) is 20.9 Å². The molecule has 1 heterocycles. The number of fused-ring (bicyclic) bond motifs is 1. The number of para-hydroxylation sites is 1. The lowest BCUT2D eigenvalue weighted by atomic mass is 10.0. The van der Waals surface area contributed by atoms with Crippen molar-refractivity contribution in [3.8, 4) is 5.75 Å². The molecule has 14 heteroatoms. The minimum Gasteiger partial charge on any atom is -0.508 e. The molecule has 0 aliphatic rings. The first kappa shape index (κ1) is 31.6. The van der Waals surface area contributed by atoms with Gasteiger partial charge in [-0.3, -0.25) is 19.2 Å². The number of primary amides is 1. The summed E-state index contributed by atoms with van der Waals surface area (Å²) in [5.74, 6) is -4.88. The summed E-state index contributed by atoms with van der Waals surface area (Å²) in [6.07, 6.45) is -0.469. The van der Waals surface area contributed by atoms with Gasteiger partial charge in [-0.05, 0) is 36.2 Å². The molecule has 0 spiro atoms. The highest BCUT2D eigenvalue weighted by atomic mass is 16.4. The number of aromatic hydroxyl groups is 1. The number of hydrogen-bond acceptors (Lipinski definition) is 8. The zero-order chi connectivity index (χ0) is 31.0. The van der Waals surface area contributed by atoms with Crippen LogP contribution in [-0.2, 0) is 36.8 Å². The van der Waals surface area contributed by atoms with Gasteiger partial charge in [0, 0.05) is 29.9 Å². The van der Waals surface area contributed by atoms with E-state index in [0.29, 0.717) is 11.1 Å². The van der Waals surface area contributed by atoms with Crippen molar-refractivity contribution in [1.82, 2.24) is 20.9 Å². The molecule has 0 radical (unpaired) electrons. The third kappa shape index (κ3) is 8.52. The Kier molecular flexibility index (Phi) is 10.6. The van der Waals surface area contributed by atoms with Crippen LogP contribution in [0, 0.1) is 0 Å². The first-order valence-electron chi connectivity index (χ1n) is 13.0. The van der Waals surface area contributed by atoms with Crippen LogP contribution < -0.4 is 27.4 Å². The molecular formula is C28H34N6O8. The van der Waals surface area contributed by atoms with Gasteiger partial charge in [-0.1, -0.05) is 30.3 Å². The van der Waals surface area contributed by atoms with Crippen molar-refractivity contribution in [3.63, 3.8) is 0 Å². The van der Waals surface area contributed by atoms with Gasteiger partial charge in [0.05, 0.1) is 18.6 Å². The van der Waals surface area contributed by atoms with E-state index in [1.165, 1.54) is 31.2 Å². The van der Waals surface area contributed by atoms with Gasteiger partial charge in [-0.25, -0.2) is 4.79 Å². The van der Waals surface area contributed by atoms with Gasteiger partial charge in [0.25, 0.3) is 0 Å². The molecule has 2 aromatic carbocycles. The molecule has 3 rings (SSSR count). The summed E-state index contributed by atoms with van der Waals surface area (Å²) in [6.45, 7) is 1.23. The number of hydrogen-bond donors (Lipinski definition) is 9. The minimum absolute atomic E-state index is 0.00786. The normalized spacial score (nSPS) is 14.6. The number of benzene rings is 2. The summed E-state index contributed by atoms with van der Waals surface area (Å²) in [4.78, 5) is 65.4. The lowest BCUT2D eigenvalue weighted by Gasteiger charge is -2.26. The summed E-state index contributed by atoms with van der Waals surface area (Å²) in [6, 6.07) is 7.36. The number of phenols is 1. The Morgan fingerprint density at radius 1 is 0.881 bits per heavy atom. The molecule has 224 valence electrons. The Bertz CT molecular complexity index is 1440. The number of amides is 4. The lowest BCUT2D eigenvalue weighted by Crippen LogP contribution is -2.60. The van der Waals surface area contributed by atoms with Crippen molar-refractivity contribution >= 4 is 40.5 Å². The number of aliphatic hydroxyl groups excluding tert-OH is 1. The maximum atomic E-state index is 13.5. The molecule has 0 aliphatic carbocycles. The molecule has 3 aromatic rings. The van der Waals surface area contributed by atoms with Gasteiger partial charge < -0.3 is 47.7 Å². The number of carboxylic acids is 1. The molecule has 1 aromatic heterocycles. The first-order valence-corrected chi connectivity index (χ1v) is 13.0. The second-order valence-corrected chi connectivity index (χ2v) is 9.90.